The smallest absolute Gasteiger partial charge is 0.263 e. The van der Waals surface area contributed by atoms with Crippen LogP contribution in [-0.2, 0) is 10.0 Å². The van der Waals surface area contributed by atoms with E-state index in [1.807, 2.05) is 0 Å². The van der Waals surface area contributed by atoms with E-state index < -0.39 is 27.7 Å². The zero-order valence-corrected chi connectivity index (χ0v) is 18.5. The first-order valence-corrected chi connectivity index (χ1v) is 11.2. The number of anilines is 2. The first-order chi connectivity index (χ1) is 15.7. The molecule has 1 heterocycles. The zero-order chi connectivity index (χ0) is 23.8. The van der Waals surface area contributed by atoms with E-state index in [-0.39, 0.29) is 33.0 Å². The molecule has 3 amide bonds. The van der Waals surface area contributed by atoms with Gasteiger partial charge in [-0.25, -0.2) is 8.42 Å². The Kier molecular flexibility index (Phi) is 5.60. The first-order valence-electron chi connectivity index (χ1n) is 9.75. The van der Waals surface area contributed by atoms with E-state index >= 15 is 0 Å². The van der Waals surface area contributed by atoms with Gasteiger partial charge < -0.3 is 10.1 Å². The Morgan fingerprint density at radius 2 is 1.55 bits per heavy atom. The fourth-order valence-corrected chi connectivity index (χ4v) is 4.50. The predicted molar refractivity (Wildman–Crippen MR) is 121 cm³/mol. The van der Waals surface area contributed by atoms with Crippen LogP contribution in [-0.4, -0.2) is 45.2 Å². The lowest BCUT2D eigenvalue weighted by Crippen LogP contribution is -2.24. The summed E-state index contributed by atoms with van der Waals surface area (Å²) in [6.45, 7) is 0. The SMILES string of the molecule is COc1ccc(S(=O)(=O)Nc2ccccc2C(=O)Nc2cccc3c2C(=O)N(C)C3=O)cc1. The van der Waals surface area contributed by atoms with Crippen molar-refractivity contribution in [2.75, 3.05) is 24.2 Å². The van der Waals surface area contributed by atoms with Crippen LogP contribution in [0.5, 0.6) is 5.75 Å². The molecule has 1 aliphatic rings. The third-order valence-corrected chi connectivity index (χ3v) is 6.53. The minimum atomic E-state index is -3.99. The Morgan fingerprint density at radius 1 is 0.879 bits per heavy atom. The summed E-state index contributed by atoms with van der Waals surface area (Å²) in [5, 5.41) is 2.62. The Labute approximate surface area is 190 Å². The van der Waals surface area contributed by atoms with Crippen molar-refractivity contribution in [2.24, 2.45) is 0 Å². The van der Waals surface area contributed by atoms with Gasteiger partial charge in [0.25, 0.3) is 27.7 Å². The molecule has 0 spiro atoms. The maximum Gasteiger partial charge on any atom is 0.263 e. The Hall–Kier alpha value is -4.18. The van der Waals surface area contributed by atoms with Crippen molar-refractivity contribution >= 4 is 39.1 Å². The normalized spacial score (nSPS) is 13.0. The molecule has 0 bridgehead atoms. The van der Waals surface area contributed by atoms with Crippen LogP contribution in [0.15, 0.2) is 71.6 Å². The monoisotopic (exact) mass is 465 g/mol. The minimum absolute atomic E-state index is 0.00784. The average Bonchev–Trinajstić information content (AvgIpc) is 3.04. The third kappa shape index (κ3) is 4.03. The average molecular weight is 465 g/mol. The summed E-state index contributed by atoms with van der Waals surface area (Å²) >= 11 is 0. The molecule has 9 nitrogen and oxygen atoms in total. The van der Waals surface area contributed by atoms with Gasteiger partial charge in [0.05, 0.1) is 40.1 Å². The maximum atomic E-state index is 13.0. The second-order valence-electron chi connectivity index (χ2n) is 7.18. The Morgan fingerprint density at radius 3 is 2.24 bits per heavy atom. The largest absolute Gasteiger partial charge is 0.497 e. The van der Waals surface area contributed by atoms with Gasteiger partial charge in [-0.2, -0.15) is 0 Å². The summed E-state index contributed by atoms with van der Waals surface area (Å²) in [6, 6.07) is 16.4. The number of fused-ring (bicyclic) bond motifs is 1. The van der Waals surface area contributed by atoms with Crippen LogP contribution in [0.3, 0.4) is 0 Å². The van der Waals surface area contributed by atoms with Crippen molar-refractivity contribution in [2.45, 2.75) is 4.90 Å². The van der Waals surface area contributed by atoms with Gasteiger partial charge in [0.15, 0.2) is 0 Å². The first kappa shape index (κ1) is 22.0. The lowest BCUT2D eigenvalue weighted by Gasteiger charge is -2.14. The van der Waals surface area contributed by atoms with E-state index in [9.17, 15) is 22.8 Å². The zero-order valence-electron chi connectivity index (χ0n) is 17.7. The molecule has 0 saturated carbocycles. The highest BCUT2D eigenvalue weighted by atomic mass is 32.2. The van der Waals surface area contributed by atoms with Crippen LogP contribution >= 0.6 is 0 Å². The van der Waals surface area contributed by atoms with Crippen molar-refractivity contribution in [3.05, 3.63) is 83.4 Å². The molecule has 0 aromatic heterocycles. The number of hydrogen-bond acceptors (Lipinski definition) is 6. The van der Waals surface area contributed by atoms with Crippen LogP contribution in [0.4, 0.5) is 11.4 Å². The molecule has 0 saturated heterocycles. The van der Waals surface area contributed by atoms with Gasteiger partial charge in [-0.15, -0.1) is 0 Å². The highest BCUT2D eigenvalue weighted by Gasteiger charge is 2.35. The number of rotatable bonds is 6. The Bertz CT molecular complexity index is 1380. The highest BCUT2D eigenvalue weighted by molar-refractivity contribution is 7.92. The van der Waals surface area contributed by atoms with E-state index in [2.05, 4.69) is 10.0 Å². The maximum absolute atomic E-state index is 13.0. The van der Waals surface area contributed by atoms with Gasteiger partial charge in [-0.3, -0.25) is 24.0 Å². The molecule has 0 unspecified atom stereocenters. The fourth-order valence-electron chi connectivity index (χ4n) is 3.42. The number of hydrogen-bond donors (Lipinski definition) is 2. The molecule has 3 aromatic rings. The van der Waals surface area contributed by atoms with Crippen LogP contribution < -0.4 is 14.8 Å². The summed E-state index contributed by atoms with van der Waals surface area (Å²) in [5.41, 5.74) is 0.534. The van der Waals surface area contributed by atoms with Crippen molar-refractivity contribution in [1.29, 1.82) is 0 Å². The second-order valence-corrected chi connectivity index (χ2v) is 8.86. The molecule has 0 atom stereocenters. The minimum Gasteiger partial charge on any atom is -0.497 e. The number of carbonyl (C=O) groups is 3. The quantitative estimate of drug-likeness (QED) is 0.540. The van der Waals surface area contributed by atoms with E-state index in [1.54, 1.807) is 18.2 Å². The summed E-state index contributed by atoms with van der Waals surface area (Å²) in [5.74, 6) is -1.13. The molecule has 10 heteroatoms. The number of nitrogens with zero attached hydrogens (tertiary/aromatic N) is 1. The van der Waals surface area contributed by atoms with Crippen LogP contribution in [0.2, 0.25) is 0 Å². The number of amides is 3. The molecule has 33 heavy (non-hydrogen) atoms. The number of carbonyl (C=O) groups excluding carboxylic acids is 3. The van der Waals surface area contributed by atoms with Gasteiger partial charge in [0.2, 0.25) is 0 Å². The van der Waals surface area contributed by atoms with Gasteiger partial charge in [-0.05, 0) is 48.5 Å². The summed E-state index contributed by atoms with van der Waals surface area (Å²) in [6.07, 6.45) is 0. The van der Waals surface area contributed by atoms with Crippen molar-refractivity contribution in [1.82, 2.24) is 4.90 Å². The van der Waals surface area contributed by atoms with Crippen LogP contribution in [0.1, 0.15) is 31.1 Å². The molecule has 2 N–H and O–H groups in total. The predicted octanol–water partition coefficient (Wildman–Crippen LogP) is 2.97. The van der Waals surface area contributed by atoms with Crippen LogP contribution in [0.25, 0.3) is 0 Å². The number of para-hydroxylation sites is 1. The van der Waals surface area contributed by atoms with Gasteiger partial charge >= 0.3 is 0 Å². The van der Waals surface area contributed by atoms with E-state index in [0.29, 0.717) is 5.75 Å². The Balaban J connectivity index is 1.63. The summed E-state index contributed by atoms with van der Waals surface area (Å²) < 4.78 is 33.1. The second kappa shape index (κ2) is 8.40. The molecule has 0 radical (unpaired) electrons. The van der Waals surface area contributed by atoms with Crippen molar-refractivity contribution < 1.29 is 27.5 Å². The molecule has 0 aliphatic carbocycles. The van der Waals surface area contributed by atoms with Crippen LogP contribution in [0, 0.1) is 0 Å². The molecule has 0 fully saturated rings. The summed E-state index contributed by atoms with van der Waals surface area (Å²) in [4.78, 5) is 38.7. The topological polar surface area (TPSA) is 122 Å². The van der Waals surface area contributed by atoms with Crippen molar-refractivity contribution in [3.63, 3.8) is 0 Å². The van der Waals surface area contributed by atoms with Crippen molar-refractivity contribution in [3.8, 4) is 5.75 Å². The highest BCUT2D eigenvalue weighted by Crippen LogP contribution is 2.29. The molecular weight excluding hydrogens is 446 g/mol. The van der Waals surface area contributed by atoms with E-state index in [0.717, 1.165) is 4.90 Å². The fraction of sp³-hybridized carbons (Fsp3) is 0.0870. The number of nitrogens with one attached hydrogen (secondary N) is 2. The lowest BCUT2D eigenvalue weighted by atomic mass is 10.1. The standard InChI is InChI=1S/C23H19N3O6S/c1-26-22(28)17-7-5-9-19(20(17)23(26)29)24-21(27)16-6-3-4-8-18(16)25-33(30,31)15-12-10-14(32-2)11-13-15/h3-13,25H,1-2H3,(H,24,27). The third-order valence-electron chi connectivity index (χ3n) is 5.15. The number of methoxy groups -OCH3 is 1. The summed E-state index contributed by atoms with van der Waals surface area (Å²) in [7, 11) is -1.16. The number of sulfonamides is 1. The number of imide groups is 1. The molecule has 1 aliphatic heterocycles. The van der Waals surface area contributed by atoms with E-state index in [1.165, 1.54) is 62.7 Å². The lowest BCUT2D eigenvalue weighted by molar-refractivity contribution is 0.0693. The molecule has 3 aromatic carbocycles. The molecular formula is C23H19N3O6S. The number of ether oxygens (including phenoxy) is 1. The van der Waals surface area contributed by atoms with Gasteiger partial charge in [0, 0.05) is 7.05 Å². The molecule has 4 rings (SSSR count). The van der Waals surface area contributed by atoms with Gasteiger partial charge in [-0.1, -0.05) is 18.2 Å². The molecule has 168 valence electrons. The van der Waals surface area contributed by atoms with E-state index in [4.69, 9.17) is 4.74 Å². The van der Waals surface area contributed by atoms with Gasteiger partial charge in [0.1, 0.15) is 5.75 Å². The number of benzene rings is 3.